The van der Waals surface area contributed by atoms with Crippen LogP contribution in [0.2, 0.25) is 0 Å². The summed E-state index contributed by atoms with van der Waals surface area (Å²) in [5.74, 6) is 0.731. The highest BCUT2D eigenvalue weighted by molar-refractivity contribution is 5.98. The van der Waals surface area contributed by atoms with Gasteiger partial charge in [0.1, 0.15) is 17.2 Å². The molecular weight excluding hydrogens is 402 g/mol. The van der Waals surface area contributed by atoms with Crippen LogP contribution in [0.4, 0.5) is 5.69 Å². The van der Waals surface area contributed by atoms with Gasteiger partial charge in [-0.3, -0.25) is 19.7 Å². The fourth-order valence-corrected chi connectivity index (χ4v) is 2.67. The van der Waals surface area contributed by atoms with Gasteiger partial charge in [-0.25, -0.2) is 0 Å². The lowest BCUT2D eigenvalue weighted by atomic mass is 10.1. The Kier molecular flexibility index (Phi) is 6.95. The summed E-state index contributed by atoms with van der Waals surface area (Å²) < 4.78 is 15.7. The van der Waals surface area contributed by atoms with Crippen LogP contribution in [-0.4, -0.2) is 30.4 Å². The van der Waals surface area contributed by atoms with Crippen molar-refractivity contribution >= 4 is 17.4 Å². The number of ketones is 1. The van der Waals surface area contributed by atoms with Crippen molar-refractivity contribution in [2.24, 2.45) is 0 Å². The number of hydrogen-bond donors (Lipinski definition) is 0. The normalized spacial score (nSPS) is 10.2. The molecule has 0 aromatic heterocycles. The Bertz CT molecular complexity index is 1060. The molecule has 0 unspecified atom stereocenters. The Balaban J connectivity index is 1.50. The molecule has 0 spiro atoms. The van der Waals surface area contributed by atoms with Crippen molar-refractivity contribution in [3.05, 3.63) is 94.0 Å². The molecule has 158 valence electrons. The van der Waals surface area contributed by atoms with Crippen molar-refractivity contribution in [1.29, 1.82) is 0 Å². The summed E-state index contributed by atoms with van der Waals surface area (Å²) in [5, 5.41) is 10.7. The maximum absolute atomic E-state index is 12.3. The average Bonchev–Trinajstić information content (AvgIpc) is 2.79. The van der Waals surface area contributed by atoms with Gasteiger partial charge in [0.25, 0.3) is 5.69 Å². The molecule has 0 radical (unpaired) electrons. The van der Waals surface area contributed by atoms with Gasteiger partial charge in [-0.1, -0.05) is 12.1 Å². The minimum atomic E-state index is -0.503. The zero-order valence-electron chi connectivity index (χ0n) is 16.6. The second-order valence-electron chi connectivity index (χ2n) is 6.49. The monoisotopic (exact) mass is 421 g/mol. The van der Waals surface area contributed by atoms with E-state index in [2.05, 4.69) is 0 Å². The Morgan fingerprint density at radius 1 is 0.839 bits per heavy atom. The first-order valence-electron chi connectivity index (χ1n) is 9.29. The molecule has 0 fully saturated rings. The van der Waals surface area contributed by atoms with Crippen molar-refractivity contribution in [1.82, 2.24) is 0 Å². The number of nitro groups is 1. The van der Waals surface area contributed by atoms with Crippen LogP contribution in [0.25, 0.3) is 0 Å². The Morgan fingerprint density at radius 3 is 1.94 bits per heavy atom. The standard InChI is InChI=1S/C23H19NO7/c1-29-19-8-2-16(3-9-19)14-23(26)30-15-22(25)17-4-10-20(11-5-17)31-21-12-6-18(7-13-21)24(27)28/h2-13H,14-15H2,1H3. The highest BCUT2D eigenvalue weighted by Crippen LogP contribution is 2.24. The van der Waals surface area contributed by atoms with Crippen LogP contribution in [-0.2, 0) is 16.0 Å². The van der Waals surface area contributed by atoms with E-state index in [0.29, 0.717) is 22.8 Å². The molecule has 0 bridgehead atoms. The van der Waals surface area contributed by atoms with E-state index in [1.165, 1.54) is 24.3 Å². The number of Topliss-reactive ketones (excluding diaryl/α,β-unsaturated/α-hetero) is 1. The number of carbonyl (C=O) groups is 2. The molecule has 0 N–H and O–H groups in total. The second kappa shape index (κ2) is 10.0. The third kappa shape index (κ3) is 6.14. The zero-order valence-corrected chi connectivity index (χ0v) is 16.6. The van der Waals surface area contributed by atoms with E-state index in [1.54, 1.807) is 55.6 Å². The first-order chi connectivity index (χ1) is 14.9. The summed E-state index contributed by atoms with van der Waals surface area (Å²) >= 11 is 0. The molecule has 0 saturated carbocycles. The largest absolute Gasteiger partial charge is 0.497 e. The van der Waals surface area contributed by atoms with E-state index in [1.807, 2.05) is 0 Å². The van der Waals surface area contributed by atoms with Crippen molar-refractivity contribution in [2.75, 3.05) is 13.7 Å². The molecule has 8 heteroatoms. The van der Waals surface area contributed by atoms with Gasteiger partial charge in [-0.15, -0.1) is 0 Å². The number of methoxy groups -OCH3 is 1. The summed E-state index contributed by atoms with van der Waals surface area (Å²) in [6.07, 6.45) is 0.0549. The van der Waals surface area contributed by atoms with Gasteiger partial charge in [-0.05, 0) is 54.1 Å². The van der Waals surface area contributed by atoms with Crippen LogP contribution in [0.5, 0.6) is 17.2 Å². The van der Waals surface area contributed by atoms with E-state index in [0.717, 1.165) is 5.56 Å². The zero-order chi connectivity index (χ0) is 22.2. The first-order valence-corrected chi connectivity index (χ1v) is 9.29. The van der Waals surface area contributed by atoms with Crippen LogP contribution in [0, 0.1) is 10.1 Å². The van der Waals surface area contributed by atoms with Crippen LogP contribution in [0.1, 0.15) is 15.9 Å². The molecule has 3 aromatic rings. The predicted molar refractivity (Wildman–Crippen MR) is 112 cm³/mol. The molecular formula is C23H19NO7. The van der Waals surface area contributed by atoms with Gasteiger partial charge in [0.2, 0.25) is 0 Å². The third-order valence-corrected chi connectivity index (χ3v) is 4.33. The summed E-state index contributed by atoms with van der Waals surface area (Å²) in [7, 11) is 1.56. The summed E-state index contributed by atoms with van der Waals surface area (Å²) in [6, 6.07) is 18.9. The Labute approximate surface area is 178 Å². The Hall–Kier alpha value is -4.20. The lowest BCUT2D eigenvalue weighted by molar-refractivity contribution is -0.384. The second-order valence-corrected chi connectivity index (χ2v) is 6.49. The average molecular weight is 421 g/mol. The lowest BCUT2D eigenvalue weighted by Crippen LogP contribution is -2.15. The third-order valence-electron chi connectivity index (χ3n) is 4.33. The first kappa shape index (κ1) is 21.5. The van der Waals surface area contributed by atoms with Gasteiger partial charge < -0.3 is 14.2 Å². The molecule has 0 saturated heterocycles. The quantitative estimate of drug-likeness (QED) is 0.219. The van der Waals surface area contributed by atoms with Crippen molar-refractivity contribution < 1.29 is 28.7 Å². The van der Waals surface area contributed by atoms with E-state index < -0.39 is 10.9 Å². The van der Waals surface area contributed by atoms with Crippen LogP contribution in [0.15, 0.2) is 72.8 Å². The van der Waals surface area contributed by atoms with E-state index in [-0.39, 0.29) is 24.5 Å². The summed E-state index contributed by atoms with van der Waals surface area (Å²) in [4.78, 5) is 34.4. The van der Waals surface area contributed by atoms with Gasteiger partial charge in [-0.2, -0.15) is 0 Å². The molecule has 3 rings (SSSR count). The number of hydrogen-bond acceptors (Lipinski definition) is 7. The molecule has 3 aromatic carbocycles. The highest BCUT2D eigenvalue weighted by atomic mass is 16.6. The Morgan fingerprint density at radius 2 is 1.39 bits per heavy atom. The lowest BCUT2D eigenvalue weighted by Gasteiger charge is -2.07. The number of ether oxygens (including phenoxy) is 3. The number of nitro benzene ring substituents is 1. The van der Waals surface area contributed by atoms with Crippen LogP contribution >= 0.6 is 0 Å². The van der Waals surface area contributed by atoms with Crippen molar-refractivity contribution in [3.8, 4) is 17.2 Å². The molecule has 0 aliphatic carbocycles. The van der Waals surface area contributed by atoms with Crippen LogP contribution in [0.3, 0.4) is 0 Å². The molecule has 0 aliphatic rings. The maximum Gasteiger partial charge on any atom is 0.310 e. The SMILES string of the molecule is COc1ccc(CC(=O)OCC(=O)c2ccc(Oc3ccc([N+](=O)[O-])cc3)cc2)cc1. The number of rotatable bonds is 9. The topological polar surface area (TPSA) is 105 Å². The highest BCUT2D eigenvalue weighted by Gasteiger charge is 2.12. The van der Waals surface area contributed by atoms with Crippen molar-refractivity contribution in [2.45, 2.75) is 6.42 Å². The fourth-order valence-electron chi connectivity index (χ4n) is 2.67. The van der Waals surface area contributed by atoms with Crippen molar-refractivity contribution in [3.63, 3.8) is 0 Å². The molecule has 0 heterocycles. The van der Waals surface area contributed by atoms with E-state index >= 15 is 0 Å². The minimum absolute atomic E-state index is 0.0326. The molecule has 8 nitrogen and oxygen atoms in total. The molecule has 0 aliphatic heterocycles. The van der Waals surface area contributed by atoms with Crippen LogP contribution < -0.4 is 9.47 Å². The smallest absolute Gasteiger partial charge is 0.310 e. The predicted octanol–water partition coefficient (Wildman–Crippen LogP) is 4.36. The number of benzene rings is 3. The number of nitrogens with zero attached hydrogens (tertiary/aromatic N) is 1. The van der Waals surface area contributed by atoms with Gasteiger partial charge in [0.05, 0.1) is 18.5 Å². The van der Waals surface area contributed by atoms with E-state index in [9.17, 15) is 19.7 Å². The van der Waals surface area contributed by atoms with E-state index in [4.69, 9.17) is 14.2 Å². The molecule has 31 heavy (non-hydrogen) atoms. The number of carbonyl (C=O) groups excluding carboxylic acids is 2. The fraction of sp³-hybridized carbons (Fsp3) is 0.130. The van der Waals surface area contributed by atoms with Gasteiger partial charge in [0.15, 0.2) is 12.4 Å². The molecule has 0 atom stereocenters. The summed E-state index contributed by atoms with van der Waals surface area (Å²) in [5.41, 5.74) is 1.09. The molecule has 0 amide bonds. The van der Waals surface area contributed by atoms with Gasteiger partial charge in [0, 0.05) is 17.7 Å². The number of esters is 1. The number of non-ortho nitro benzene ring substituents is 1. The minimum Gasteiger partial charge on any atom is -0.497 e. The van der Waals surface area contributed by atoms with Gasteiger partial charge >= 0.3 is 5.97 Å². The maximum atomic E-state index is 12.3. The summed E-state index contributed by atoms with van der Waals surface area (Å²) in [6.45, 7) is -0.364.